The first-order chi connectivity index (χ1) is 14.1. The highest BCUT2D eigenvalue weighted by atomic mass is 31.2. The maximum absolute atomic E-state index is 12.0. The third-order valence-corrected chi connectivity index (χ3v) is 5.73. The minimum Gasteiger partial charge on any atom is -0.438 e. The van der Waals surface area contributed by atoms with Crippen LogP contribution in [0.15, 0.2) is 0 Å². The monoisotopic (exact) mass is 454 g/mol. The fourth-order valence-corrected chi connectivity index (χ4v) is 3.61. The largest absolute Gasteiger partial charge is 0.508 e. The molecule has 0 aromatic rings. The molecule has 0 aliphatic rings. The van der Waals surface area contributed by atoms with E-state index in [1.807, 2.05) is 21.1 Å². The van der Waals surface area contributed by atoms with Gasteiger partial charge in [-0.2, -0.15) is 0 Å². The normalized spacial score (nSPS) is 14.9. The number of quaternary nitrogens is 1. The number of phosphoric acid groups is 1. The summed E-state index contributed by atoms with van der Waals surface area (Å²) in [5, 5.41) is 0. The van der Waals surface area contributed by atoms with E-state index in [4.69, 9.17) is 13.8 Å². The van der Waals surface area contributed by atoms with Gasteiger partial charge in [0.2, 0.25) is 0 Å². The Labute approximate surface area is 183 Å². The van der Waals surface area contributed by atoms with E-state index in [1.165, 1.54) is 52.1 Å². The van der Waals surface area contributed by atoms with Gasteiger partial charge in [-0.3, -0.25) is 9.05 Å². The quantitative estimate of drug-likeness (QED) is 0.123. The Hall–Kier alpha value is -0.660. The molecule has 0 aromatic carbocycles. The van der Waals surface area contributed by atoms with Crippen LogP contribution in [0.2, 0.25) is 0 Å². The SMILES string of the molecule is CCCCCCCCCCCCC(COP(=O)(O)OCC[N+](C)(C)C)OC(=O)OC. The Kier molecular flexibility index (Phi) is 16.6. The number of rotatable bonds is 19. The van der Waals surface area contributed by atoms with Gasteiger partial charge in [0, 0.05) is 0 Å². The van der Waals surface area contributed by atoms with Crippen molar-refractivity contribution in [1.82, 2.24) is 0 Å². The van der Waals surface area contributed by atoms with E-state index in [2.05, 4.69) is 11.7 Å². The Morgan fingerprint density at radius 3 is 1.97 bits per heavy atom. The first kappa shape index (κ1) is 29.3. The van der Waals surface area contributed by atoms with E-state index in [-0.39, 0.29) is 13.2 Å². The molecule has 8 nitrogen and oxygen atoms in total. The summed E-state index contributed by atoms with van der Waals surface area (Å²) >= 11 is 0. The summed E-state index contributed by atoms with van der Waals surface area (Å²) in [4.78, 5) is 21.3. The van der Waals surface area contributed by atoms with Gasteiger partial charge in [-0.15, -0.1) is 0 Å². The fourth-order valence-electron chi connectivity index (χ4n) is 2.86. The molecule has 2 unspecified atom stereocenters. The van der Waals surface area contributed by atoms with E-state index in [0.717, 1.165) is 19.3 Å². The van der Waals surface area contributed by atoms with Gasteiger partial charge in [-0.05, 0) is 12.8 Å². The number of likely N-dealkylation sites (N-methyl/N-ethyl adjacent to an activating group) is 1. The summed E-state index contributed by atoms with van der Waals surface area (Å²) in [5.74, 6) is 0. The molecule has 0 fully saturated rings. The number of hydrogen-bond acceptors (Lipinski definition) is 6. The first-order valence-corrected chi connectivity index (χ1v) is 12.8. The van der Waals surface area contributed by atoms with Gasteiger partial charge in [0.25, 0.3) is 0 Å². The summed E-state index contributed by atoms with van der Waals surface area (Å²) in [6, 6.07) is 0. The summed E-state index contributed by atoms with van der Waals surface area (Å²) in [6.07, 6.45) is 11.1. The Morgan fingerprint density at radius 2 is 1.47 bits per heavy atom. The van der Waals surface area contributed by atoms with Crippen molar-refractivity contribution < 1.29 is 37.3 Å². The third-order valence-electron chi connectivity index (χ3n) is 4.75. The van der Waals surface area contributed by atoms with Crippen LogP contribution in [-0.2, 0) is 23.1 Å². The average Bonchev–Trinajstić information content (AvgIpc) is 2.66. The third kappa shape index (κ3) is 19.3. The van der Waals surface area contributed by atoms with Crippen molar-refractivity contribution in [2.75, 3.05) is 48.0 Å². The van der Waals surface area contributed by atoms with Crippen LogP contribution in [-0.4, -0.2) is 69.6 Å². The predicted octanol–water partition coefficient (Wildman–Crippen LogP) is 5.29. The number of nitrogens with zero attached hydrogens (tertiary/aromatic N) is 1. The van der Waals surface area contributed by atoms with Crippen molar-refractivity contribution >= 4 is 14.0 Å². The van der Waals surface area contributed by atoms with Crippen molar-refractivity contribution in [2.24, 2.45) is 0 Å². The lowest BCUT2D eigenvalue weighted by Crippen LogP contribution is -2.37. The average molecular weight is 455 g/mol. The number of unbranched alkanes of at least 4 members (excludes halogenated alkanes) is 9. The summed E-state index contributed by atoms with van der Waals surface area (Å²) in [7, 11) is 2.91. The smallest absolute Gasteiger partial charge is 0.438 e. The lowest BCUT2D eigenvalue weighted by atomic mass is 10.0. The molecular weight excluding hydrogens is 409 g/mol. The standard InChI is InChI=1S/C21H44NO7P/c1-6-7-8-9-10-11-12-13-14-15-16-20(29-21(23)26-5)19-28-30(24,25)27-18-17-22(2,3)4/h20H,6-19H2,1-5H3/p+1. The first-order valence-electron chi connectivity index (χ1n) is 11.3. The van der Waals surface area contributed by atoms with Gasteiger partial charge < -0.3 is 18.9 Å². The Balaban J connectivity index is 4.13. The number of methoxy groups -OCH3 is 1. The van der Waals surface area contributed by atoms with Crippen LogP contribution < -0.4 is 0 Å². The molecule has 0 heterocycles. The molecule has 2 atom stereocenters. The summed E-state index contributed by atoms with van der Waals surface area (Å²) in [6.45, 7) is 2.68. The Bertz CT molecular complexity index is 482. The molecule has 0 saturated heterocycles. The zero-order chi connectivity index (χ0) is 22.9. The van der Waals surface area contributed by atoms with Gasteiger partial charge in [0.05, 0.1) is 34.9 Å². The van der Waals surface area contributed by atoms with Gasteiger partial charge in [-0.25, -0.2) is 9.36 Å². The molecule has 0 amide bonds. The zero-order valence-electron chi connectivity index (χ0n) is 19.8. The highest BCUT2D eigenvalue weighted by Crippen LogP contribution is 2.43. The molecule has 0 radical (unpaired) electrons. The fraction of sp³-hybridized carbons (Fsp3) is 0.952. The maximum atomic E-state index is 12.0. The van der Waals surface area contributed by atoms with Crippen molar-refractivity contribution in [3.8, 4) is 0 Å². The van der Waals surface area contributed by atoms with E-state index in [0.29, 0.717) is 17.4 Å². The molecule has 0 aliphatic carbocycles. The van der Waals surface area contributed by atoms with Crippen LogP contribution in [0, 0.1) is 0 Å². The number of hydrogen-bond donors (Lipinski definition) is 1. The van der Waals surface area contributed by atoms with Gasteiger partial charge in [-0.1, -0.05) is 64.7 Å². The summed E-state index contributed by atoms with van der Waals surface area (Å²) in [5.41, 5.74) is 0. The van der Waals surface area contributed by atoms with Crippen LogP contribution in [0.5, 0.6) is 0 Å². The highest BCUT2D eigenvalue weighted by molar-refractivity contribution is 7.47. The molecular formula is C21H45NO7P+. The molecule has 0 saturated carbocycles. The number of ether oxygens (including phenoxy) is 2. The highest BCUT2D eigenvalue weighted by Gasteiger charge is 2.26. The second kappa shape index (κ2) is 17.0. The van der Waals surface area contributed by atoms with E-state index >= 15 is 0 Å². The van der Waals surface area contributed by atoms with Crippen LogP contribution >= 0.6 is 7.82 Å². The molecule has 1 N–H and O–H groups in total. The lowest BCUT2D eigenvalue weighted by Gasteiger charge is -2.24. The van der Waals surface area contributed by atoms with Gasteiger partial charge in [0.1, 0.15) is 19.3 Å². The topological polar surface area (TPSA) is 91.3 Å². The number of carbonyl (C=O) groups is 1. The van der Waals surface area contributed by atoms with Crippen molar-refractivity contribution in [1.29, 1.82) is 0 Å². The van der Waals surface area contributed by atoms with E-state index in [1.54, 1.807) is 0 Å². The molecule has 0 aliphatic heterocycles. The van der Waals surface area contributed by atoms with E-state index in [9.17, 15) is 14.3 Å². The molecule has 180 valence electrons. The molecule has 0 aromatic heterocycles. The Morgan fingerprint density at radius 1 is 0.933 bits per heavy atom. The van der Waals surface area contributed by atoms with Crippen LogP contribution in [0.1, 0.15) is 77.6 Å². The number of phosphoric ester groups is 1. The minimum atomic E-state index is -4.19. The van der Waals surface area contributed by atoms with Crippen LogP contribution in [0.4, 0.5) is 4.79 Å². The van der Waals surface area contributed by atoms with Crippen molar-refractivity contribution in [3.05, 3.63) is 0 Å². The minimum absolute atomic E-state index is 0.0955. The molecule has 30 heavy (non-hydrogen) atoms. The van der Waals surface area contributed by atoms with Crippen LogP contribution in [0.25, 0.3) is 0 Å². The molecule has 0 rings (SSSR count). The lowest BCUT2D eigenvalue weighted by molar-refractivity contribution is -0.870. The van der Waals surface area contributed by atoms with Crippen molar-refractivity contribution in [3.63, 3.8) is 0 Å². The predicted molar refractivity (Wildman–Crippen MR) is 118 cm³/mol. The second-order valence-corrected chi connectivity index (χ2v) is 10.2. The maximum Gasteiger partial charge on any atom is 0.508 e. The molecule has 9 heteroatoms. The molecule has 0 bridgehead atoms. The van der Waals surface area contributed by atoms with Gasteiger partial charge in [0.15, 0.2) is 0 Å². The second-order valence-electron chi connectivity index (χ2n) is 8.78. The summed E-state index contributed by atoms with van der Waals surface area (Å²) < 4.78 is 32.4. The van der Waals surface area contributed by atoms with Crippen LogP contribution in [0.3, 0.4) is 0 Å². The van der Waals surface area contributed by atoms with E-state index < -0.39 is 20.1 Å². The van der Waals surface area contributed by atoms with Gasteiger partial charge >= 0.3 is 14.0 Å². The van der Waals surface area contributed by atoms with Crippen molar-refractivity contribution in [2.45, 2.75) is 83.7 Å². The molecule has 0 spiro atoms. The number of carbonyl (C=O) groups excluding carboxylic acids is 1. The zero-order valence-corrected chi connectivity index (χ0v) is 20.7.